The van der Waals surface area contributed by atoms with Gasteiger partial charge in [0.1, 0.15) is 0 Å². The molecule has 0 aliphatic carbocycles. The fraction of sp³-hybridized carbons (Fsp3) is 0.455. The van der Waals surface area contributed by atoms with Gasteiger partial charge in [-0.25, -0.2) is 13.2 Å². The summed E-state index contributed by atoms with van der Waals surface area (Å²) >= 11 is 0. The molecule has 12 nitrogen and oxygen atoms in total. The summed E-state index contributed by atoms with van der Waals surface area (Å²) in [7, 11) is -2.54. The summed E-state index contributed by atoms with van der Waals surface area (Å²) < 4.78 is 32.8. The number of nitrogens with zero attached hydrogens (tertiary/aromatic N) is 5. The predicted molar refractivity (Wildman–Crippen MR) is 130 cm³/mol. The molecule has 0 bridgehead atoms. The summed E-state index contributed by atoms with van der Waals surface area (Å²) in [6.45, 7) is 5.34. The summed E-state index contributed by atoms with van der Waals surface area (Å²) in [4.78, 5) is 43.9. The molecule has 0 radical (unpaired) electrons. The van der Waals surface area contributed by atoms with Gasteiger partial charge < -0.3 is 9.72 Å². The summed E-state index contributed by atoms with van der Waals surface area (Å²) in [5.41, 5.74) is 0.650. The van der Waals surface area contributed by atoms with E-state index in [1.165, 1.54) is 0 Å². The van der Waals surface area contributed by atoms with Gasteiger partial charge in [0.25, 0.3) is 21.5 Å². The van der Waals surface area contributed by atoms with Crippen molar-refractivity contribution in [2.24, 2.45) is 7.05 Å². The van der Waals surface area contributed by atoms with Gasteiger partial charge in [0.05, 0.1) is 42.6 Å². The van der Waals surface area contributed by atoms with Crippen LogP contribution in [-0.4, -0.2) is 77.8 Å². The summed E-state index contributed by atoms with van der Waals surface area (Å²) in [6.07, 6.45) is 2.41. The van der Waals surface area contributed by atoms with Gasteiger partial charge in [0.15, 0.2) is 0 Å². The van der Waals surface area contributed by atoms with Crippen LogP contribution in [0.25, 0.3) is 22.2 Å². The minimum Gasteiger partial charge on any atom is -0.379 e. The van der Waals surface area contributed by atoms with Crippen LogP contribution in [0.2, 0.25) is 0 Å². The number of carbonyl (C=O) groups is 1. The Morgan fingerprint density at radius 3 is 2.49 bits per heavy atom. The second-order valence-corrected chi connectivity index (χ2v) is 10.6. The number of benzene rings is 1. The molecule has 3 aromatic rings. The van der Waals surface area contributed by atoms with E-state index in [1.807, 2.05) is 13.8 Å². The predicted octanol–water partition coefficient (Wildman–Crippen LogP) is -0.0299. The topological polar surface area (TPSA) is 140 Å². The maximum atomic E-state index is 13.6. The van der Waals surface area contributed by atoms with Crippen molar-refractivity contribution in [1.82, 2.24) is 24.3 Å². The molecular formula is C22H28N6O6S. The number of hydrogen-bond acceptors (Lipinski definition) is 8. The minimum absolute atomic E-state index is 0.0536. The molecule has 4 rings (SSSR count). The highest BCUT2D eigenvalue weighted by Crippen LogP contribution is 2.31. The van der Waals surface area contributed by atoms with E-state index in [9.17, 15) is 22.8 Å². The zero-order valence-corrected chi connectivity index (χ0v) is 20.8. The molecule has 35 heavy (non-hydrogen) atoms. The number of aryl methyl sites for hydroxylation is 1. The number of nitrogens with one attached hydrogen (secondary N) is 1. The third kappa shape index (κ3) is 4.79. The Hall–Kier alpha value is -3.29. The number of aromatic nitrogens is 4. The van der Waals surface area contributed by atoms with Crippen molar-refractivity contribution >= 4 is 26.8 Å². The van der Waals surface area contributed by atoms with Crippen LogP contribution >= 0.6 is 0 Å². The largest absolute Gasteiger partial charge is 0.379 e. The fourth-order valence-electron chi connectivity index (χ4n) is 4.23. The van der Waals surface area contributed by atoms with Gasteiger partial charge >= 0.3 is 5.69 Å². The first-order chi connectivity index (χ1) is 16.5. The number of aromatic amines is 1. The maximum absolute atomic E-state index is 13.6. The molecule has 3 heterocycles. The average Bonchev–Trinajstić information content (AvgIpc) is 3.21. The molecule has 0 spiro atoms. The molecule has 1 N–H and O–H groups in total. The quantitative estimate of drug-likeness (QED) is 0.494. The van der Waals surface area contributed by atoms with Gasteiger partial charge in [-0.15, -0.1) is 9.09 Å². The zero-order valence-electron chi connectivity index (χ0n) is 20.0. The van der Waals surface area contributed by atoms with Gasteiger partial charge in [-0.3, -0.25) is 19.2 Å². The van der Waals surface area contributed by atoms with E-state index in [2.05, 4.69) is 10.1 Å². The van der Waals surface area contributed by atoms with Gasteiger partial charge in [0, 0.05) is 31.9 Å². The number of morpholine rings is 1. The highest BCUT2D eigenvalue weighted by molar-refractivity contribution is 7.92. The number of carbonyl (C=O) groups excluding carboxylic acids is 1. The van der Waals surface area contributed by atoms with Gasteiger partial charge in [-0.1, -0.05) is 13.8 Å². The number of fused-ring (bicyclic) bond motifs is 1. The van der Waals surface area contributed by atoms with Crippen LogP contribution in [0.3, 0.4) is 0 Å². The molecule has 0 unspecified atom stereocenters. The summed E-state index contributed by atoms with van der Waals surface area (Å²) in [5.74, 6) is -0.857. The molecule has 1 aromatic carbocycles. The lowest BCUT2D eigenvalue weighted by Gasteiger charge is -2.28. The first-order valence-corrected chi connectivity index (χ1v) is 13.0. The molecular weight excluding hydrogens is 476 g/mol. The van der Waals surface area contributed by atoms with Crippen molar-refractivity contribution in [2.45, 2.75) is 19.8 Å². The molecule has 1 aliphatic rings. The lowest BCUT2D eigenvalue weighted by Crippen LogP contribution is -2.58. The Kier molecular flexibility index (Phi) is 6.66. The Morgan fingerprint density at radius 1 is 1.23 bits per heavy atom. The number of H-pyrrole nitrogens is 1. The van der Waals surface area contributed by atoms with Crippen LogP contribution in [0.1, 0.15) is 25.3 Å². The number of hydrogen-bond donors (Lipinski definition) is 1. The summed E-state index contributed by atoms with van der Waals surface area (Å²) in [5, 5.41) is 4.26. The number of ether oxygens (including phenoxy) is 1. The second kappa shape index (κ2) is 9.40. The first kappa shape index (κ1) is 24.8. The molecule has 2 aromatic heterocycles. The van der Waals surface area contributed by atoms with Crippen LogP contribution in [0, 0.1) is 0 Å². The SMILES string of the molecule is CC(C)c1cc2[nH]c(=O)n(N(C(=O)CN3CCOCC3)S(C)(=O)=O)c(=O)c2cc1-c1ccnn1C. The van der Waals surface area contributed by atoms with Crippen LogP contribution in [-0.2, 0) is 26.6 Å². The molecule has 1 saturated heterocycles. The van der Waals surface area contributed by atoms with Crippen molar-refractivity contribution in [1.29, 1.82) is 0 Å². The van der Waals surface area contributed by atoms with E-state index in [0.717, 1.165) is 17.5 Å². The Balaban J connectivity index is 1.91. The van der Waals surface area contributed by atoms with E-state index >= 15 is 0 Å². The van der Waals surface area contributed by atoms with Crippen molar-refractivity contribution < 1.29 is 17.9 Å². The molecule has 1 fully saturated rings. The molecule has 1 aliphatic heterocycles. The monoisotopic (exact) mass is 504 g/mol. The lowest BCUT2D eigenvalue weighted by molar-refractivity contribution is -0.120. The number of rotatable bonds is 6. The highest BCUT2D eigenvalue weighted by atomic mass is 32.2. The van der Waals surface area contributed by atoms with Crippen molar-refractivity contribution in [2.75, 3.05) is 43.5 Å². The van der Waals surface area contributed by atoms with E-state index in [-0.39, 0.29) is 27.8 Å². The fourth-order valence-corrected chi connectivity index (χ4v) is 5.10. The van der Waals surface area contributed by atoms with E-state index in [1.54, 1.807) is 41.0 Å². The Labute approximate surface area is 201 Å². The van der Waals surface area contributed by atoms with Gasteiger partial charge in [0.2, 0.25) is 0 Å². The Bertz CT molecular complexity index is 1500. The summed E-state index contributed by atoms with van der Waals surface area (Å²) in [6, 6.07) is 5.10. The van der Waals surface area contributed by atoms with Gasteiger partial charge in [-0.2, -0.15) is 5.10 Å². The van der Waals surface area contributed by atoms with Crippen molar-refractivity contribution in [3.8, 4) is 11.3 Å². The molecule has 1 amide bonds. The van der Waals surface area contributed by atoms with E-state index in [0.29, 0.717) is 36.5 Å². The number of amides is 1. The molecule has 0 atom stereocenters. The normalized spacial score (nSPS) is 15.1. The van der Waals surface area contributed by atoms with Crippen LogP contribution in [0.5, 0.6) is 0 Å². The molecule has 0 saturated carbocycles. The smallest absolute Gasteiger partial charge is 0.349 e. The molecule has 13 heteroatoms. The third-order valence-corrected chi connectivity index (χ3v) is 6.93. The van der Waals surface area contributed by atoms with Gasteiger partial charge in [-0.05, 0) is 29.7 Å². The lowest BCUT2D eigenvalue weighted by atomic mass is 9.93. The molecule has 188 valence electrons. The zero-order chi connectivity index (χ0) is 25.5. The maximum Gasteiger partial charge on any atom is 0.349 e. The van der Waals surface area contributed by atoms with Crippen LogP contribution in [0.4, 0.5) is 0 Å². The van der Waals surface area contributed by atoms with E-state index < -0.39 is 27.2 Å². The number of sulfonamides is 1. The van der Waals surface area contributed by atoms with Crippen LogP contribution in [0.15, 0.2) is 34.0 Å². The van der Waals surface area contributed by atoms with Crippen molar-refractivity contribution in [3.05, 3.63) is 50.8 Å². The highest BCUT2D eigenvalue weighted by Gasteiger charge is 2.31. The Morgan fingerprint density at radius 2 is 1.91 bits per heavy atom. The van der Waals surface area contributed by atoms with Crippen molar-refractivity contribution in [3.63, 3.8) is 0 Å². The second-order valence-electron chi connectivity index (χ2n) is 8.82. The third-order valence-electron chi connectivity index (χ3n) is 5.94. The van der Waals surface area contributed by atoms with E-state index in [4.69, 9.17) is 4.74 Å². The minimum atomic E-state index is -4.31. The first-order valence-electron chi connectivity index (χ1n) is 11.1. The standard InChI is InChI=1S/C22H28N6O6S/c1-14(2)15-12-18-17(11-16(15)19-5-6-23-25(19)3)21(30)27(22(31)24-18)28(35(4,32)33)20(29)13-26-7-9-34-10-8-26/h5-6,11-12,14H,7-10,13H2,1-4H3,(H,24,31). The average molecular weight is 505 g/mol. The van der Waals surface area contributed by atoms with Crippen LogP contribution < -0.4 is 15.7 Å².